The van der Waals surface area contributed by atoms with Crippen molar-refractivity contribution in [2.75, 3.05) is 23.4 Å². The topological polar surface area (TPSA) is 88.6 Å². The molecule has 36 heavy (non-hydrogen) atoms. The van der Waals surface area contributed by atoms with Crippen LogP contribution in [0.15, 0.2) is 66.0 Å². The van der Waals surface area contributed by atoms with Gasteiger partial charge in [0.05, 0.1) is 28.1 Å². The first kappa shape index (κ1) is 22.2. The monoisotopic (exact) mass is 495 g/mol. The first-order valence-corrected chi connectivity index (χ1v) is 12.5. The Morgan fingerprint density at radius 1 is 1.06 bits per heavy atom. The van der Waals surface area contributed by atoms with Crippen molar-refractivity contribution in [1.29, 1.82) is 0 Å². The van der Waals surface area contributed by atoms with Crippen LogP contribution in [0.2, 0.25) is 0 Å². The molecule has 1 N–H and O–H groups in total. The van der Waals surface area contributed by atoms with Gasteiger partial charge in [-0.3, -0.25) is 14.5 Å². The fourth-order valence-electron chi connectivity index (χ4n) is 4.79. The molecule has 0 atom stereocenters. The van der Waals surface area contributed by atoms with E-state index in [1.165, 1.54) is 4.90 Å². The maximum Gasteiger partial charge on any atom is 0.339 e. The molecule has 4 aromatic rings. The zero-order valence-electron chi connectivity index (χ0n) is 19.2. The molecule has 1 aliphatic heterocycles. The Morgan fingerprint density at radius 2 is 1.89 bits per heavy atom. The highest BCUT2D eigenvalue weighted by Gasteiger charge is 2.30. The summed E-state index contributed by atoms with van der Waals surface area (Å²) in [5.74, 6) is -1.32. The Balaban J connectivity index is 1.31. The maximum atomic E-state index is 13.4. The molecule has 2 aromatic carbocycles. The summed E-state index contributed by atoms with van der Waals surface area (Å²) in [6.07, 6.45) is 3.56. The molecule has 0 fully saturated rings. The summed E-state index contributed by atoms with van der Waals surface area (Å²) in [5, 5.41) is 5.48. The number of carbonyl (C=O) groups excluding carboxylic acids is 3. The Kier molecular flexibility index (Phi) is 5.58. The van der Waals surface area contributed by atoms with E-state index in [1.54, 1.807) is 35.6 Å². The van der Waals surface area contributed by atoms with Crippen molar-refractivity contribution in [2.45, 2.75) is 12.8 Å². The Labute approximate surface area is 211 Å². The Bertz CT molecular complexity index is 1560. The highest BCUT2D eigenvalue weighted by molar-refractivity contribution is 7.10. The molecular formula is C28H21N3O4S. The first-order valence-electron chi connectivity index (χ1n) is 11.6. The van der Waals surface area contributed by atoms with Crippen molar-refractivity contribution in [1.82, 2.24) is 4.98 Å². The highest BCUT2D eigenvalue weighted by Crippen LogP contribution is 2.38. The number of esters is 1. The van der Waals surface area contributed by atoms with Gasteiger partial charge in [0.15, 0.2) is 6.61 Å². The lowest BCUT2D eigenvalue weighted by atomic mass is 10.0. The van der Waals surface area contributed by atoms with E-state index in [9.17, 15) is 14.4 Å². The molecule has 2 amide bonds. The number of nitrogens with one attached hydrogen (secondary N) is 1. The maximum absolute atomic E-state index is 13.4. The van der Waals surface area contributed by atoms with E-state index in [2.05, 4.69) is 17.5 Å². The third kappa shape index (κ3) is 3.95. The van der Waals surface area contributed by atoms with Gasteiger partial charge in [0.2, 0.25) is 5.91 Å². The van der Waals surface area contributed by atoms with Crippen molar-refractivity contribution in [3.8, 4) is 0 Å². The van der Waals surface area contributed by atoms with Gasteiger partial charge in [0, 0.05) is 10.3 Å². The van der Waals surface area contributed by atoms with E-state index in [1.807, 2.05) is 35.7 Å². The Morgan fingerprint density at radius 3 is 2.75 bits per heavy atom. The van der Waals surface area contributed by atoms with Crippen LogP contribution in [-0.4, -0.2) is 35.9 Å². The molecule has 1 aliphatic carbocycles. The lowest BCUT2D eigenvalue weighted by molar-refractivity contribution is -0.124. The summed E-state index contributed by atoms with van der Waals surface area (Å²) in [5.41, 5.74) is 5.02. The average molecular weight is 496 g/mol. The van der Waals surface area contributed by atoms with Gasteiger partial charge in [-0.25, -0.2) is 9.78 Å². The number of anilines is 2. The first-order chi connectivity index (χ1) is 17.6. The molecule has 7 nitrogen and oxygen atoms in total. The van der Waals surface area contributed by atoms with Gasteiger partial charge in [-0.05, 0) is 59.7 Å². The van der Waals surface area contributed by atoms with Crippen LogP contribution in [-0.2, 0) is 20.7 Å². The summed E-state index contributed by atoms with van der Waals surface area (Å²) >= 11 is 1.65. The minimum Gasteiger partial charge on any atom is -0.452 e. The second-order valence-electron chi connectivity index (χ2n) is 8.64. The van der Waals surface area contributed by atoms with E-state index in [0.29, 0.717) is 34.3 Å². The van der Waals surface area contributed by atoms with Crippen molar-refractivity contribution in [3.63, 3.8) is 0 Å². The number of nitrogens with zero attached hydrogens (tertiary/aromatic N) is 2. The van der Waals surface area contributed by atoms with Crippen LogP contribution in [0.1, 0.15) is 32.9 Å². The lowest BCUT2D eigenvalue weighted by Gasteiger charge is -2.28. The number of carbonyl (C=O) groups is 3. The van der Waals surface area contributed by atoms with Crippen LogP contribution in [0, 0.1) is 0 Å². The minimum absolute atomic E-state index is 0.127. The van der Waals surface area contributed by atoms with E-state index in [0.717, 1.165) is 28.1 Å². The fourth-order valence-corrected chi connectivity index (χ4v) is 5.47. The van der Waals surface area contributed by atoms with E-state index >= 15 is 0 Å². The molecule has 6 rings (SSSR count). The predicted octanol–water partition coefficient (Wildman–Crippen LogP) is 4.93. The summed E-state index contributed by atoms with van der Waals surface area (Å²) in [6, 6.07) is 18.6. The number of thiophene rings is 1. The summed E-state index contributed by atoms with van der Waals surface area (Å²) in [7, 11) is 0. The van der Waals surface area contributed by atoms with Crippen LogP contribution >= 0.6 is 11.3 Å². The summed E-state index contributed by atoms with van der Waals surface area (Å²) < 4.78 is 5.56. The number of para-hydroxylation sites is 3. The molecule has 2 aliphatic rings. The number of pyridine rings is 1. The van der Waals surface area contributed by atoms with Gasteiger partial charge >= 0.3 is 5.97 Å². The zero-order chi connectivity index (χ0) is 24.6. The standard InChI is InChI=1S/C28H21N3O4S/c32-24-15-31(23-10-4-3-9-22(23)29-24)25(33)16-35-28(34)26-19-7-1-2-8-21(19)30-27-17(11-12-20(26)27)14-18-6-5-13-36-18/h1-10,13-14H,11-12,15-16H2,(H,29,32). The third-order valence-electron chi connectivity index (χ3n) is 6.40. The second kappa shape index (κ2) is 9.05. The molecule has 0 saturated heterocycles. The molecule has 3 heterocycles. The van der Waals surface area contributed by atoms with Crippen LogP contribution in [0.5, 0.6) is 0 Å². The zero-order valence-corrected chi connectivity index (χ0v) is 20.0. The van der Waals surface area contributed by atoms with Gasteiger partial charge in [0.1, 0.15) is 6.54 Å². The third-order valence-corrected chi connectivity index (χ3v) is 7.22. The van der Waals surface area contributed by atoms with Crippen molar-refractivity contribution < 1.29 is 19.1 Å². The van der Waals surface area contributed by atoms with Crippen molar-refractivity contribution in [2.24, 2.45) is 0 Å². The molecule has 8 heteroatoms. The number of rotatable bonds is 4. The number of ether oxygens (including phenoxy) is 1. The molecule has 0 bridgehead atoms. The summed E-state index contributed by atoms with van der Waals surface area (Å²) in [6.45, 7) is -0.596. The van der Waals surface area contributed by atoms with Crippen LogP contribution in [0.4, 0.5) is 11.4 Å². The minimum atomic E-state index is -0.565. The van der Waals surface area contributed by atoms with E-state index in [-0.39, 0.29) is 12.5 Å². The quantitative estimate of drug-likeness (QED) is 0.406. The van der Waals surface area contributed by atoms with Crippen molar-refractivity contribution >= 4 is 63.0 Å². The smallest absolute Gasteiger partial charge is 0.339 e. The van der Waals surface area contributed by atoms with Gasteiger partial charge in [0.25, 0.3) is 5.91 Å². The molecule has 0 spiro atoms. The van der Waals surface area contributed by atoms with E-state index < -0.39 is 18.5 Å². The van der Waals surface area contributed by atoms with Crippen LogP contribution in [0.3, 0.4) is 0 Å². The number of allylic oxidation sites excluding steroid dienone is 1. The number of hydrogen-bond acceptors (Lipinski definition) is 6. The lowest BCUT2D eigenvalue weighted by Crippen LogP contribution is -2.44. The van der Waals surface area contributed by atoms with Gasteiger partial charge in [-0.2, -0.15) is 0 Å². The highest BCUT2D eigenvalue weighted by atomic mass is 32.1. The Hall–Kier alpha value is -4.30. The summed E-state index contributed by atoms with van der Waals surface area (Å²) in [4.78, 5) is 45.9. The van der Waals surface area contributed by atoms with Gasteiger partial charge in [-0.15, -0.1) is 11.3 Å². The number of fused-ring (bicyclic) bond motifs is 3. The molecule has 2 aromatic heterocycles. The van der Waals surface area contributed by atoms with Gasteiger partial charge < -0.3 is 10.1 Å². The molecular weight excluding hydrogens is 474 g/mol. The molecule has 0 saturated carbocycles. The van der Waals surface area contributed by atoms with Crippen molar-refractivity contribution in [3.05, 3.63) is 87.7 Å². The normalized spacial score (nSPS) is 15.5. The fraction of sp³-hybridized carbons (Fsp3) is 0.143. The SMILES string of the molecule is O=C1CN(C(=O)COC(=O)c2c3c(nc4ccccc24)C(=Cc2cccs2)CC3)c2ccccc2N1. The largest absolute Gasteiger partial charge is 0.452 e. The van der Waals surface area contributed by atoms with Crippen LogP contribution in [0.25, 0.3) is 22.6 Å². The predicted molar refractivity (Wildman–Crippen MR) is 140 cm³/mol. The number of amides is 2. The number of benzene rings is 2. The average Bonchev–Trinajstić information content (AvgIpc) is 3.55. The number of aromatic nitrogens is 1. The van der Waals surface area contributed by atoms with Crippen LogP contribution < -0.4 is 10.2 Å². The molecule has 0 unspecified atom stereocenters. The van der Waals surface area contributed by atoms with Gasteiger partial charge in [-0.1, -0.05) is 36.4 Å². The van der Waals surface area contributed by atoms with E-state index in [4.69, 9.17) is 9.72 Å². The second-order valence-corrected chi connectivity index (χ2v) is 9.62. The molecule has 0 radical (unpaired) electrons. The number of hydrogen-bond donors (Lipinski definition) is 1. The molecule has 178 valence electrons.